The first-order valence-corrected chi connectivity index (χ1v) is 10.2. The lowest BCUT2D eigenvalue weighted by molar-refractivity contribution is -0.556. The lowest BCUT2D eigenvalue weighted by atomic mass is 9.71. The molecule has 1 aromatic heterocycles. The van der Waals surface area contributed by atoms with E-state index in [2.05, 4.69) is 33.8 Å². The minimum atomic E-state index is 0.0566. The van der Waals surface area contributed by atoms with E-state index in [1.807, 2.05) is 29.5 Å². The molecule has 1 spiro atoms. The number of rotatable bonds is 7. The zero-order chi connectivity index (χ0) is 20.9. The number of amides is 1. The van der Waals surface area contributed by atoms with Crippen molar-refractivity contribution in [1.82, 2.24) is 14.9 Å². The summed E-state index contributed by atoms with van der Waals surface area (Å²) in [5.41, 5.74) is 0.918. The molecule has 2 heterocycles. The van der Waals surface area contributed by atoms with Crippen molar-refractivity contribution >= 4 is 23.9 Å². The fourth-order valence-electron chi connectivity index (χ4n) is 4.49. The van der Waals surface area contributed by atoms with Crippen molar-refractivity contribution in [1.29, 1.82) is 5.41 Å². The van der Waals surface area contributed by atoms with Crippen molar-refractivity contribution < 1.29 is 10.1 Å². The molecular formula is C21H32N7O+. The third kappa shape index (κ3) is 4.82. The van der Waals surface area contributed by atoms with Gasteiger partial charge < -0.3 is 25.8 Å². The molecule has 156 valence electrons. The highest BCUT2D eigenvalue weighted by Crippen LogP contribution is 2.45. The van der Waals surface area contributed by atoms with Gasteiger partial charge in [-0.1, -0.05) is 6.58 Å². The fourth-order valence-corrected chi connectivity index (χ4v) is 4.49. The van der Waals surface area contributed by atoms with Crippen molar-refractivity contribution in [2.75, 3.05) is 37.4 Å². The van der Waals surface area contributed by atoms with Crippen LogP contribution in [0.2, 0.25) is 0 Å². The second kappa shape index (κ2) is 9.17. The Morgan fingerprint density at radius 1 is 1.45 bits per heavy atom. The third-order valence-electron chi connectivity index (χ3n) is 6.25. The molecule has 1 saturated heterocycles. The quantitative estimate of drug-likeness (QED) is 0.475. The van der Waals surface area contributed by atoms with E-state index in [0.717, 1.165) is 51.0 Å². The maximum Gasteiger partial charge on any atom is 0.245 e. The molecule has 4 N–H and O–H groups in total. The number of aromatic nitrogens is 2. The molecule has 0 aromatic carbocycles. The molecule has 0 atom stereocenters. The molecule has 2 aliphatic rings. The number of quaternary nitrogens is 1. The molecule has 8 heteroatoms. The summed E-state index contributed by atoms with van der Waals surface area (Å²) in [7, 11) is 3.99. The highest BCUT2D eigenvalue weighted by Gasteiger charge is 2.42. The number of nitrogens with one attached hydrogen (secondary N) is 2. The largest absolute Gasteiger partial charge is 0.357 e. The van der Waals surface area contributed by atoms with Crippen LogP contribution in [0, 0.1) is 10.8 Å². The smallest absolute Gasteiger partial charge is 0.245 e. The van der Waals surface area contributed by atoms with Gasteiger partial charge in [-0.25, -0.2) is 4.98 Å². The molecule has 29 heavy (non-hydrogen) atoms. The average molecular weight is 399 g/mol. The highest BCUT2D eigenvalue weighted by molar-refractivity contribution is 5.87. The van der Waals surface area contributed by atoms with E-state index >= 15 is 0 Å². The van der Waals surface area contributed by atoms with Gasteiger partial charge in [0.1, 0.15) is 17.7 Å². The van der Waals surface area contributed by atoms with Gasteiger partial charge in [0.2, 0.25) is 11.9 Å². The van der Waals surface area contributed by atoms with Gasteiger partial charge in [-0.2, -0.15) is 4.98 Å². The first-order chi connectivity index (χ1) is 14.0. The van der Waals surface area contributed by atoms with Crippen LogP contribution in [-0.4, -0.2) is 60.2 Å². The molecule has 0 unspecified atom stereocenters. The summed E-state index contributed by atoms with van der Waals surface area (Å²) >= 11 is 0. The Morgan fingerprint density at radius 2 is 2.21 bits per heavy atom. The number of carbonyl (C=O) groups is 1. The predicted octanol–water partition coefficient (Wildman–Crippen LogP) is 1.36. The summed E-state index contributed by atoms with van der Waals surface area (Å²) in [4.78, 5) is 25.0. The Bertz CT molecular complexity index is 783. The Labute approximate surface area is 172 Å². The number of carbonyl (C=O) groups excluding carboxylic acids is 1. The molecule has 1 amide bonds. The molecule has 1 aliphatic carbocycles. The van der Waals surface area contributed by atoms with Crippen LogP contribution >= 0.6 is 0 Å². The van der Waals surface area contributed by atoms with Crippen LogP contribution in [-0.2, 0) is 4.79 Å². The summed E-state index contributed by atoms with van der Waals surface area (Å²) in [5, 5.41) is 12.4. The van der Waals surface area contributed by atoms with Crippen molar-refractivity contribution in [3.63, 3.8) is 0 Å². The van der Waals surface area contributed by atoms with Crippen LogP contribution in [0.3, 0.4) is 0 Å². The number of hydrogen-bond acceptors (Lipinski definition) is 6. The lowest BCUT2D eigenvalue weighted by Gasteiger charge is -2.40. The Balaban J connectivity index is 1.61. The number of anilines is 2. The Morgan fingerprint density at radius 3 is 2.86 bits per heavy atom. The second-order valence-corrected chi connectivity index (χ2v) is 8.02. The molecule has 8 nitrogen and oxygen atoms in total. The Kier molecular flexibility index (Phi) is 6.64. The number of nitrogens with zero attached hydrogens (tertiary/aromatic N) is 4. The van der Waals surface area contributed by atoms with Crippen LogP contribution in [0.5, 0.6) is 0 Å². The summed E-state index contributed by atoms with van der Waals surface area (Å²) in [6, 6.07) is 2.35. The number of allylic oxidation sites excluding steroid dienone is 1. The zero-order valence-electron chi connectivity index (χ0n) is 17.4. The first kappa shape index (κ1) is 21.0. The standard InChI is InChI=1S/C21H31N7O/c1-4-19(29)28-12-10-21(15-28)8-5-17(6-9-21)27(3)18-7-11-24-20(26-18)25-16(13-22)14-23-2/h4,7,11,13-14,17,22-23H,1,5-6,8-10,12,15H2,2-3H3,(H,24,25,26)/p+1. The normalized spacial score (nSPS) is 24.4. The summed E-state index contributed by atoms with van der Waals surface area (Å²) in [6.45, 7) is 5.33. The number of nitrogens with two attached hydrogens (primary N) is 1. The zero-order valence-corrected chi connectivity index (χ0v) is 17.4. The maximum atomic E-state index is 11.9. The lowest BCUT2D eigenvalue weighted by Crippen LogP contribution is -2.73. The molecule has 1 aromatic rings. The van der Waals surface area contributed by atoms with Gasteiger partial charge in [0.15, 0.2) is 0 Å². The minimum Gasteiger partial charge on any atom is -0.357 e. The van der Waals surface area contributed by atoms with E-state index in [1.54, 1.807) is 6.20 Å². The summed E-state index contributed by atoms with van der Waals surface area (Å²) < 4.78 is 0. The van der Waals surface area contributed by atoms with E-state index in [-0.39, 0.29) is 11.3 Å². The van der Waals surface area contributed by atoms with Gasteiger partial charge >= 0.3 is 0 Å². The minimum absolute atomic E-state index is 0.0566. The molecule has 1 aliphatic heterocycles. The second-order valence-electron chi connectivity index (χ2n) is 8.02. The van der Waals surface area contributed by atoms with Gasteiger partial charge in [0, 0.05) is 38.6 Å². The van der Waals surface area contributed by atoms with E-state index in [4.69, 9.17) is 5.41 Å². The predicted molar refractivity (Wildman–Crippen MR) is 115 cm³/mol. The van der Waals surface area contributed by atoms with E-state index in [9.17, 15) is 4.79 Å². The van der Waals surface area contributed by atoms with Crippen LogP contribution in [0.15, 0.2) is 36.8 Å². The maximum absolute atomic E-state index is 11.9. The topological polar surface area (TPSA) is 102 Å². The van der Waals surface area contributed by atoms with E-state index < -0.39 is 0 Å². The molecule has 0 radical (unpaired) electrons. The van der Waals surface area contributed by atoms with Gasteiger partial charge in [-0.3, -0.25) is 4.79 Å². The fraction of sp³-hybridized carbons (Fsp3) is 0.524. The van der Waals surface area contributed by atoms with E-state index in [1.165, 1.54) is 12.3 Å². The van der Waals surface area contributed by atoms with Crippen LogP contribution in [0.25, 0.3) is 0 Å². The number of hydrogen-bond donors (Lipinski definition) is 3. The van der Waals surface area contributed by atoms with Crippen molar-refractivity contribution in [3.05, 3.63) is 36.8 Å². The van der Waals surface area contributed by atoms with Crippen molar-refractivity contribution in [2.24, 2.45) is 5.41 Å². The Hall–Kier alpha value is -2.74. The molecule has 3 rings (SSSR count). The molecular weight excluding hydrogens is 366 g/mol. The third-order valence-corrected chi connectivity index (χ3v) is 6.25. The van der Waals surface area contributed by atoms with Crippen LogP contribution in [0.4, 0.5) is 11.8 Å². The van der Waals surface area contributed by atoms with Crippen LogP contribution < -0.4 is 15.5 Å². The van der Waals surface area contributed by atoms with Gasteiger partial charge in [0.25, 0.3) is 0 Å². The van der Waals surface area contributed by atoms with Gasteiger partial charge in [0.05, 0.1) is 7.05 Å². The van der Waals surface area contributed by atoms with Crippen LogP contribution in [0.1, 0.15) is 32.1 Å². The van der Waals surface area contributed by atoms with Crippen molar-refractivity contribution in [2.45, 2.75) is 38.1 Å². The highest BCUT2D eigenvalue weighted by atomic mass is 16.2. The summed E-state index contributed by atoms with van der Waals surface area (Å²) in [6.07, 6.45) is 11.8. The van der Waals surface area contributed by atoms with Gasteiger partial charge in [-0.15, -0.1) is 0 Å². The van der Waals surface area contributed by atoms with E-state index in [0.29, 0.717) is 17.7 Å². The SMILES string of the molecule is C=CC(=O)N1CCC2(CCC(N(C)c3ccnc(NC(C=N)=C[NH2+]C)n3)CC2)C1. The molecule has 0 bridgehead atoms. The molecule has 2 fully saturated rings. The molecule has 1 saturated carbocycles. The number of likely N-dealkylation sites (tertiary alicyclic amines) is 1. The first-order valence-electron chi connectivity index (χ1n) is 10.2. The monoisotopic (exact) mass is 398 g/mol. The summed E-state index contributed by atoms with van der Waals surface area (Å²) in [5.74, 6) is 1.43. The average Bonchev–Trinajstić information content (AvgIpc) is 3.16. The van der Waals surface area contributed by atoms with Crippen molar-refractivity contribution in [3.8, 4) is 0 Å². The van der Waals surface area contributed by atoms with Gasteiger partial charge in [-0.05, 0) is 49.7 Å².